The van der Waals surface area contributed by atoms with E-state index in [-0.39, 0.29) is 38.5 Å². The Bertz CT molecular complexity index is 596. The van der Waals surface area contributed by atoms with E-state index >= 15 is 0 Å². The van der Waals surface area contributed by atoms with Crippen molar-refractivity contribution in [3.05, 3.63) is 71.0 Å². The predicted molar refractivity (Wildman–Crippen MR) is 76.8 cm³/mol. The van der Waals surface area contributed by atoms with Gasteiger partial charge in [0.25, 0.3) is 0 Å². The van der Waals surface area contributed by atoms with Crippen LogP contribution in [0.1, 0.15) is 42.9 Å². The maximum absolute atomic E-state index is 13.2. The normalized spacial score (nSPS) is 19.9. The first-order chi connectivity index (χ1) is 9.76. The van der Waals surface area contributed by atoms with E-state index in [0.717, 1.165) is 24.8 Å². The van der Waals surface area contributed by atoms with Gasteiger partial charge in [-0.3, -0.25) is 0 Å². The van der Waals surface area contributed by atoms with E-state index < -0.39 is 5.60 Å². The molecule has 0 radical (unpaired) electrons. The zero-order chi connectivity index (χ0) is 14.0. The largest absolute Gasteiger partial charge is 3.00 e. The second-order valence-electron chi connectivity index (χ2n) is 5.31. The molecule has 104 valence electrons. The van der Waals surface area contributed by atoms with E-state index in [9.17, 15) is 4.39 Å². The van der Waals surface area contributed by atoms with Gasteiger partial charge >= 0.3 is 32.7 Å². The number of hydrogen-bond acceptors (Lipinski definition) is 1. The van der Waals surface area contributed by atoms with Crippen LogP contribution in [0.2, 0.25) is 0 Å². The molecule has 0 fully saturated rings. The van der Waals surface area contributed by atoms with Crippen LogP contribution < -0.4 is 0 Å². The second kappa shape index (κ2) is 7.13. The van der Waals surface area contributed by atoms with Crippen LogP contribution in [0.3, 0.4) is 0 Å². The van der Waals surface area contributed by atoms with Gasteiger partial charge in [-0.1, -0.05) is 31.9 Å². The van der Waals surface area contributed by atoms with Crippen LogP contribution in [0, 0.1) is 11.9 Å². The van der Waals surface area contributed by atoms with E-state index in [0.29, 0.717) is 6.61 Å². The van der Waals surface area contributed by atoms with Crippen molar-refractivity contribution in [1.29, 1.82) is 0 Å². The molecule has 0 saturated heterocycles. The first-order valence-electron chi connectivity index (χ1n) is 7.16. The third kappa shape index (κ3) is 3.13. The maximum Gasteiger partial charge on any atom is 3.00 e. The van der Waals surface area contributed by atoms with Crippen molar-refractivity contribution in [3.8, 4) is 0 Å². The fourth-order valence-corrected chi connectivity index (χ4v) is 2.99. The van der Waals surface area contributed by atoms with Crippen molar-refractivity contribution >= 4 is 0 Å². The van der Waals surface area contributed by atoms with Gasteiger partial charge in [0.2, 0.25) is 0 Å². The quantitative estimate of drug-likeness (QED) is 0.727. The third-order valence-corrected chi connectivity index (χ3v) is 4.05. The first kappa shape index (κ1) is 16.8. The molecule has 1 nitrogen and oxygen atoms in total. The summed E-state index contributed by atoms with van der Waals surface area (Å²) in [5.74, 6) is -0.209. The van der Waals surface area contributed by atoms with Crippen molar-refractivity contribution < 1.29 is 41.8 Å². The summed E-state index contributed by atoms with van der Waals surface area (Å²) in [7, 11) is 0. The van der Waals surface area contributed by atoms with Crippen LogP contribution in [0.4, 0.5) is 4.39 Å². The summed E-state index contributed by atoms with van der Waals surface area (Å²) in [6, 6.07) is 15.8. The second-order valence-corrected chi connectivity index (χ2v) is 5.31. The number of unbranched alkanes of at least 4 members (excludes halogenated alkanes) is 1. The van der Waals surface area contributed by atoms with Crippen LogP contribution in [0.25, 0.3) is 0 Å². The summed E-state index contributed by atoms with van der Waals surface area (Å²) in [4.78, 5) is 0. The molecule has 1 aliphatic heterocycles. The van der Waals surface area contributed by atoms with Crippen molar-refractivity contribution in [2.75, 3.05) is 0 Å². The molecule has 1 unspecified atom stereocenters. The van der Waals surface area contributed by atoms with Gasteiger partial charge in [0.05, 0.1) is 5.60 Å². The van der Waals surface area contributed by atoms with Gasteiger partial charge in [0, 0.05) is 6.61 Å². The molecule has 0 saturated carbocycles. The van der Waals surface area contributed by atoms with Crippen LogP contribution in [-0.4, -0.2) is 0 Å². The zero-order valence-corrected chi connectivity index (χ0v) is 15.1. The molecule has 1 heterocycles. The molecule has 0 spiro atoms. The fourth-order valence-electron chi connectivity index (χ4n) is 2.99. The Morgan fingerprint density at radius 3 is 2.71 bits per heavy atom. The van der Waals surface area contributed by atoms with E-state index in [4.69, 9.17) is 4.74 Å². The van der Waals surface area contributed by atoms with Gasteiger partial charge in [-0.15, -0.1) is 11.1 Å². The molecule has 2 aromatic carbocycles. The molecule has 3 rings (SSSR count). The van der Waals surface area contributed by atoms with Gasteiger partial charge in [-0.05, 0) is 24.1 Å². The summed E-state index contributed by atoms with van der Waals surface area (Å²) in [6.45, 7) is 2.78. The van der Waals surface area contributed by atoms with Crippen molar-refractivity contribution in [1.82, 2.24) is 0 Å². The topological polar surface area (TPSA) is 9.23 Å². The average molecular weight is 358 g/mol. The summed E-state index contributed by atoms with van der Waals surface area (Å²) >= 11 is 0. The Morgan fingerprint density at radius 2 is 2.00 bits per heavy atom. The molecular weight excluding hydrogens is 340 g/mol. The number of fused-ring (bicyclic) bond motifs is 1. The number of benzene rings is 2. The third-order valence-electron chi connectivity index (χ3n) is 4.05. The molecule has 21 heavy (non-hydrogen) atoms. The predicted octanol–water partition coefficient (Wildman–Crippen LogP) is 4.59. The molecule has 0 bridgehead atoms. The van der Waals surface area contributed by atoms with Gasteiger partial charge in [0.15, 0.2) is 0 Å². The summed E-state index contributed by atoms with van der Waals surface area (Å²) in [6.07, 6.45) is 3.11. The summed E-state index contributed by atoms with van der Waals surface area (Å²) in [5, 5.41) is 0. The Balaban J connectivity index is 0.00000161. The summed E-state index contributed by atoms with van der Waals surface area (Å²) < 4.78 is 19.4. The molecule has 0 aliphatic carbocycles. The standard InChI is InChI=1S/C18H18FO.Y/c1-2-3-12-18(15-8-10-16(19)11-9-15)17-7-5-4-6-14(17)13-20-18;/h5-11H,2-3,12-13H2,1H3;/q-1;+3. The molecule has 0 amide bonds. The molecule has 2 aromatic rings. The summed E-state index contributed by atoms with van der Waals surface area (Å²) in [5.41, 5.74) is 3.01. The Hall–Kier alpha value is -0.566. The minimum Gasteiger partial charge on any atom is -0.375 e. The Morgan fingerprint density at radius 1 is 1.24 bits per heavy atom. The van der Waals surface area contributed by atoms with Crippen molar-refractivity contribution in [2.24, 2.45) is 0 Å². The monoisotopic (exact) mass is 358 g/mol. The van der Waals surface area contributed by atoms with E-state index in [1.807, 2.05) is 24.3 Å². The molecule has 0 aromatic heterocycles. The van der Waals surface area contributed by atoms with E-state index in [1.165, 1.54) is 23.3 Å². The van der Waals surface area contributed by atoms with Gasteiger partial charge in [-0.25, -0.2) is 4.39 Å². The molecule has 1 aliphatic rings. The maximum atomic E-state index is 13.2. The number of ether oxygens (including phenoxy) is 1. The van der Waals surface area contributed by atoms with Crippen LogP contribution >= 0.6 is 0 Å². The van der Waals surface area contributed by atoms with Gasteiger partial charge < -0.3 is 4.74 Å². The first-order valence-corrected chi connectivity index (χ1v) is 7.16. The number of rotatable bonds is 4. The number of halogens is 1. The minimum atomic E-state index is -0.422. The fraction of sp³-hybridized carbons (Fsp3) is 0.333. The van der Waals surface area contributed by atoms with Crippen LogP contribution in [0.5, 0.6) is 0 Å². The van der Waals surface area contributed by atoms with Crippen LogP contribution in [0.15, 0.2) is 42.5 Å². The SMILES string of the molecule is CCCCC1(c2ccc(F)cc2)OCc2c[c-]ccc21.[Y+3]. The Labute approximate surface area is 150 Å². The van der Waals surface area contributed by atoms with Crippen molar-refractivity contribution in [3.63, 3.8) is 0 Å². The average Bonchev–Trinajstić information content (AvgIpc) is 2.86. The van der Waals surface area contributed by atoms with Gasteiger partial charge in [-0.2, -0.15) is 24.3 Å². The van der Waals surface area contributed by atoms with E-state index in [1.54, 1.807) is 0 Å². The Kier molecular flexibility index (Phi) is 5.70. The molecule has 3 heteroatoms. The zero-order valence-electron chi connectivity index (χ0n) is 12.2. The smallest absolute Gasteiger partial charge is 0.375 e. The molecular formula is C18H18FOY+2. The molecule has 1 atom stereocenters. The van der Waals surface area contributed by atoms with Crippen molar-refractivity contribution in [2.45, 2.75) is 38.4 Å². The number of hydrogen-bond donors (Lipinski definition) is 0. The van der Waals surface area contributed by atoms with Crippen LogP contribution in [-0.2, 0) is 49.7 Å². The molecule has 0 N–H and O–H groups in total. The van der Waals surface area contributed by atoms with E-state index in [2.05, 4.69) is 19.1 Å². The van der Waals surface area contributed by atoms with Gasteiger partial charge in [0.1, 0.15) is 5.82 Å². The minimum absolute atomic E-state index is 0.